The summed E-state index contributed by atoms with van der Waals surface area (Å²) in [5.41, 5.74) is 1.66. The Morgan fingerprint density at radius 3 is 2.64 bits per heavy atom. The van der Waals surface area contributed by atoms with Crippen LogP contribution in [-0.2, 0) is 11.0 Å². The van der Waals surface area contributed by atoms with Crippen molar-refractivity contribution >= 4 is 23.4 Å². The fourth-order valence-corrected chi connectivity index (χ4v) is 2.85. The van der Waals surface area contributed by atoms with Crippen molar-refractivity contribution in [1.29, 1.82) is 0 Å². The third kappa shape index (κ3) is 5.19. The van der Waals surface area contributed by atoms with Gasteiger partial charge in [0.05, 0.1) is 5.75 Å². The van der Waals surface area contributed by atoms with E-state index in [1.54, 1.807) is 0 Å². The molecule has 134 valence electrons. The molecule has 0 saturated heterocycles. The predicted octanol–water partition coefficient (Wildman–Crippen LogP) is 4.66. The van der Waals surface area contributed by atoms with E-state index in [0.29, 0.717) is 0 Å². The van der Waals surface area contributed by atoms with Crippen LogP contribution in [0.3, 0.4) is 0 Å². The number of halogens is 3. The molecule has 0 saturated carbocycles. The minimum atomic E-state index is -4.53. The van der Waals surface area contributed by atoms with E-state index in [0.717, 1.165) is 40.8 Å². The molecule has 1 aromatic heterocycles. The number of hydrogen-bond acceptors (Lipinski definition) is 4. The lowest BCUT2D eigenvalue weighted by Gasteiger charge is -2.16. The van der Waals surface area contributed by atoms with E-state index in [9.17, 15) is 18.0 Å². The van der Waals surface area contributed by atoms with E-state index >= 15 is 0 Å². The van der Waals surface area contributed by atoms with Crippen molar-refractivity contribution in [3.05, 3.63) is 47.3 Å². The van der Waals surface area contributed by atoms with E-state index in [-0.39, 0.29) is 22.7 Å². The van der Waals surface area contributed by atoms with Gasteiger partial charge in [-0.3, -0.25) is 4.79 Å². The number of nitrogens with one attached hydrogen (secondary N) is 1. The highest BCUT2D eigenvalue weighted by atomic mass is 32.2. The molecular weight excluding hydrogens is 351 g/mol. The number of thioether (sulfide) groups is 1. The first kappa shape index (κ1) is 19.2. The third-order valence-corrected chi connectivity index (χ3v) is 4.31. The molecule has 0 aliphatic heterocycles. The smallest absolute Gasteiger partial charge is 0.325 e. The average Bonchev–Trinajstić information content (AvgIpc) is 2.54. The number of nitrogens with zero attached hydrogens (tertiary/aromatic N) is 2. The van der Waals surface area contributed by atoms with Gasteiger partial charge >= 0.3 is 6.18 Å². The Bertz CT molecular complexity index is 763. The minimum absolute atomic E-state index is 0.0762. The second-order valence-corrected chi connectivity index (χ2v) is 6.70. The zero-order valence-electron chi connectivity index (χ0n) is 14.0. The van der Waals surface area contributed by atoms with Gasteiger partial charge in [0.1, 0.15) is 5.69 Å². The Morgan fingerprint density at radius 2 is 2.00 bits per heavy atom. The molecule has 4 nitrogen and oxygen atoms in total. The third-order valence-electron chi connectivity index (χ3n) is 3.45. The lowest BCUT2D eigenvalue weighted by Crippen LogP contribution is -2.17. The van der Waals surface area contributed by atoms with Crippen LogP contribution in [0.15, 0.2) is 35.6 Å². The van der Waals surface area contributed by atoms with Gasteiger partial charge in [-0.05, 0) is 30.0 Å². The van der Waals surface area contributed by atoms with Crippen LogP contribution in [0.25, 0.3) is 0 Å². The Morgan fingerprint density at radius 1 is 1.28 bits per heavy atom. The first-order valence-corrected chi connectivity index (χ1v) is 8.59. The zero-order valence-corrected chi connectivity index (χ0v) is 14.8. The van der Waals surface area contributed by atoms with Crippen molar-refractivity contribution in [3.8, 4) is 0 Å². The summed E-state index contributed by atoms with van der Waals surface area (Å²) in [6, 6.07) is 6.55. The molecule has 25 heavy (non-hydrogen) atoms. The summed E-state index contributed by atoms with van der Waals surface area (Å²) < 4.78 is 37.9. The Balaban J connectivity index is 2.05. The summed E-state index contributed by atoms with van der Waals surface area (Å²) in [7, 11) is 0. The van der Waals surface area contributed by atoms with Crippen LogP contribution >= 0.6 is 11.8 Å². The molecular formula is C17H18F3N3OS. The number of rotatable bonds is 5. The molecule has 0 aliphatic rings. The van der Waals surface area contributed by atoms with Gasteiger partial charge in [-0.15, -0.1) is 0 Å². The first-order valence-electron chi connectivity index (χ1n) is 7.61. The molecule has 0 bridgehead atoms. The molecule has 0 radical (unpaired) electrons. The van der Waals surface area contributed by atoms with Crippen LogP contribution in [0, 0.1) is 6.92 Å². The quantitative estimate of drug-likeness (QED) is 0.615. The van der Waals surface area contributed by atoms with Gasteiger partial charge < -0.3 is 5.32 Å². The van der Waals surface area contributed by atoms with E-state index < -0.39 is 11.9 Å². The summed E-state index contributed by atoms with van der Waals surface area (Å²) in [5.74, 6) is -0.162. The average molecular weight is 369 g/mol. The van der Waals surface area contributed by atoms with Gasteiger partial charge in [0.2, 0.25) is 5.91 Å². The SMILES string of the molecule is Cc1cccc(C(C)C)c1NC(=O)CSc1nccc(C(F)(F)F)n1. The zero-order chi connectivity index (χ0) is 18.6. The van der Waals surface area contributed by atoms with Gasteiger partial charge in [0, 0.05) is 11.9 Å². The molecule has 1 heterocycles. The first-order chi connectivity index (χ1) is 11.7. The number of carbonyl (C=O) groups excluding carboxylic acids is 1. The van der Waals surface area contributed by atoms with E-state index in [2.05, 4.69) is 15.3 Å². The van der Waals surface area contributed by atoms with Crippen LogP contribution < -0.4 is 5.32 Å². The normalized spacial score (nSPS) is 11.6. The van der Waals surface area contributed by atoms with E-state index in [1.807, 2.05) is 39.0 Å². The van der Waals surface area contributed by atoms with Crippen molar-refractivity contribution in [2.75, 3.05) is 11.1 Å². The molecule has 0 unspecified atom stereocenters. The number of alkyl halides is 3. The van der Waals surface area contributed by atoms with Crippen LogP contribution in [0.1, 0.15) is 36.6 Å². The molecule has 0 spiro atoms. The Labute approximate surface area is 148 Å². The predicted molar refractivity (Wildman–Crippen MR) is 91.7 cm³/mol. The lowest BCUT2D eigenvalue weighted by atomic mass is 9.98. The Hall–Kier alpha value is -2.09. The van der Waals surface area contributed by atoms with Gasteiger partial charge in [0.25, 0.3) is 0 Å². The highest BCUT2D eigenvalue weighted by Crippen LogP contribution is 2.29. The number of aryl methyl sites for hydroxylation is 1. The van der Waals surface area contributed by atoms with Crippen LogP contribution in [-0.4, -0.2) is 21.6 Å². The van der Waals surface area contributed by atoms with Gasteiger partial charge in [-0.2, -0.15) is 13.2 Å². The second kappa shape index (κ2) is 7.86. The summed E-state index contributed by atoms with van der Waals surface area (Å²) >= 11 is 0.864. The maximum absolute atomic E-state index is 12.6. The number of amides is 1. The van der Waals surface area contributed by atoms with E-state index in [1.165, 1.54) is 0 Å². The topological polar surface area (TPSA) is 54.9 Å². The maximum atomic E-state index is 12.6. The van der Waals surface area contributed by atoms with Crippen molar-refractivity contribution in [1.82, 2.24) is 9.97 Å². The van der Waals surface area contributed by atoms with Gasteiger partial charge in [-0.1, -0.05) is 43.8 Å². The summed E-state index contributed by atoms with van der Waals surface area (Å²) in [6.45, 7) is 5.94. The number of para-hydroxylation sites is 1. The van der Waals surface area contributed by atoms with Gasteiger partial charge in [0.15, 0.2) is 5.16 Å². The van der Waals surface area contributed by atoms with E-state index in [4.69, 9.17) is 0 Å². The maximum Gasteiger partial charge on any atom is 0.433 e. The number of hydrogen-bond donors (Lipinski definition) is 1. The van der Waals surface area contributed by atoms with Crippen LogP contribution in [0.4, 0.5) is 18.9 Å². The van der Waals surface area contributed by atoms with Crippen LogP contribution in [0.5, 0.6) is 0 Å². The molecule has 1 N–H and O–H groups in total. The molecule has 0 fully saturated rings. The fourth-order valence-electron chi connectivity index (χ4n) is 2.22. The second-order valence-electron chi connectivity index (χ2n) is 5.75. The van der Waals surface area contributed by atoms with Crippen molar-refractivity contribution in [2.24, 2.45) is 0 Å². The highest BCUT2D eigenvalue weighted by Gasteiger charge is 2.32. The summed E-state index contributed by atoms with van der Waals surface area (Å²) in [5, 5.41) is 2.75. The molecule has 1 amide bonds. The molecule has 2 aromatic rings. The standard InChI is InChI=1S/C17H18F3N3OS/c1-10(2)12-6-4-5-11(3)15(12)23-14(24)9-25-16-21-8-7-13(22-16)17(18,19)20/h4-8,10H,9H2,1-3H3,(H,23,24). The summed E-state index contributed by atoms with van der Waals surface area (Å²) in [4.78, 5) is 19.4. The number of carbonyl (C=O) groups is 1. The monoisotopic (exact) mass is 369 g/mol. The largest absolute Gasteiger partial charge is 0.433 e. The van der Waals surface area contributed by atoms with Gasteiger partial charge in [-0.25, -0.2) is 9.97 Å². The molecule has 2 rings (SSSR count). The minimum Gasteiger partial charge on any atom is -0.325 e. The number of benzene rings is 1. The molecule has 0 aliphatic carbocycles. The molecule has 8 heteroatoms. The lowest BCUT2D eigenvalue weighted by molar-refractivity contribution is -0.141. The summed E-state index contributed by atoms with van der Waals surface area (Å²) in [6.07, 6.45) is -3.50. The fraction of sp³-hybridized carbons (Fsp3) is 0.353. The van der Waals surface area contributed by atoms with Crippen molar-refractivity contribution < 1.29 is 18.0 Å². The highest BCUT2D eigenvalue weighted by molar-refractivity contribution is 7.99. The molecule has 0 atom stereocenters. The number of aromatic nitrogens is 2. The van der Waals surface area contributed by atoms with Crippen molar-refractivity contribution in [3.63, 3.8) is 0 Å². The van der Waals surface area contributed by atoms with Crippen molar-refractivity contribution in [2.45, 2.75) is 38.0 Å². The Kier molecular flexibility index (Phi) is 6.05. The van der Waals surface area contributed by atoms with Crippen LogP contribution in [0.2, 0.25) is 0 Å². The number of anilines is 1. The molecule has 1 aromatic carbocycles.